The number of hydrogen-bond acceptors (Lipinski definition) is 3. The lowest BCUT2D eigenvalue weighted by atomic mass is 9.98. The molecule has 1 aromatic rings. The van der Waals surface area contributed by atoms with E-state index >= 15 is 0 Å². The van der Waals surface area contributed by atoms with Crippen LogP contribution in [0.25, 0.3) is 0 Å². The van der Waals surface area contributed by atoms with Crippen LogP contribution in [0.5, 0.6) is 0 Å². The van der Waals surface area contributed by atoms with E-state index in [0.29, 0.717) is 12.6 Å². The van der Waals surface area contributed by atoms with Gasteiger partial charge in [0.15, 0.2) is 0 Å². The summed E-state index contributed by atoms with van der Waals surface area (Å²) in [5.41, 5.74) is 8.69. The summed E-state index contributed by atoms with van der Waals surface area (Å²) in [6.07, 6.45) is 2.48. The van der Waals surface area contributed by atoms with E-state index in [-0.39, 0.29) is 6.04 Å². The summed E-state index contributed by atoms with van der Waals surface area (Å²) in [5, 5.41) is 0. The molecule has 1 aromatic carbocycles. The molecule has 0 aliphatic carbocycles. The van der Waals surface area contributed by atoms with Gasteiger partial charge in [-0.3, -0.25) is 4.90 Å². The van der Waals surface area contributed by atoms with Gasteiger partial charge in [0.1, 0.15) is 0 Å². The van der Waals surface area contributed by atoms with Crippen LogP contribution >= 0.6 is 15.9 Å². The zero-order valence-electron chi connectivity index (χ0n) is 13.5. The molecule has 4 heteroatoms. The number of likely N-dealkylation sites (N-methyl/N-ethyl adjacent to an activating group) is 1. The standard InChI is InChI=1S/C17H28BrN3/c1-4-21-9-7-14(8-10-21)20(3)17(12-19)15-6-5-13(2)11-16(15)18/h5-6,11,14,17H,4,7-10,12,19H2,1-3H3. The predicted octanol–water partition coefficient (Wildman–Crippen LogP) is 3.17. The highest BCUT2D eigenvalue weighted by molar-refractivity contribution is 9.10. The zero-order chi connectivity index (χ0) is 15.4. The van der Waals surface area contributed by atoms with Gasteiger partial charge in [0.05, 0.1) is 0 Å². The van der Waals surface area contributed by atoms with Gasteiger partial charge in [0.25, 0.3) is 0 Å². The number of aryl methyl sites for hydroxylation is 1. The number of nitrogens with zero attached hydrogens (tertiary/aromatic N) is 2. The highest BCUT2D eigenvalue weighted by atomic mass is 79.9. The summed E-state index contributed by atoms with van der Waals surface area (Å²) in [7, 11) is 2.23. The Morgan fingerprint density at radius 2 is 2.05 bits per heavy atom. The van der Waals surface area contributed by atoms with E-state index in [1.165, 1.54) is 48.1 Å². The van der Waals surface area contributed by atoms with Gasteiger partial charge < -0.3 is 10.6 Å². The second kappa shape index (κ2) is 7.73. The molecular weight excluding hydrogens is 326 g/mol. The average Bonchev–Trinajstić information content (AvgIpc) is 2.50. The molecule has 1 unspecified atom stereocenters. The van der Waals surface area contributed by atoms with Crippen LogP contribution in [0, 0.1) is 6.92 Å². The maximum Gasteiger partial charge on any atom is 0.0481 e. The van der Waals surface area contributed by atoms with Gasteiger partial charge >= 0.3 is 0 Å². The fourth-order valence-electron chi connectivity index (χ4n) is 3.31. The zero-order valence-corrected chi connectivity index (χ0v) is 15.1. The molecule has 0 radical (unpaired) electrons. The Kier molecular flexibility index (Phi) is 6.23. The number of rotatable bonds is 5. The molecule has 0 bridgehead atoms. The van der Waals surface area contributed by atoms with Crippen LogP contribution in [0.15, 0.2) is 22.7 Å². The van der Waals surface area contributed by atoms with Crippen LogP contribution in [-0.4, -0.2) is 49.1 Å². The summed E-state index contributed by atoms with van der Waals surface area (Å²) in [6.45, 7) is 8.61. The lowest BCUT2D eigenvalue weighted by Gasteiger charge is -2.40. The summed E-state index contributed by atoms with van der Waals surface area (Å²) in [5.74, 6) is 0. The first-order valence-corrected chi connectivity index (χ1v) is 8.76. The van der Waals surface area contributed by atoms with E-state index in [9.17, 15) is 0 Å². The lowest BCUT2D eigenvalue weighted by Crippen LogP contribution is -2.46. The molecule has 0 spiro atoms. The van der Waals surface area contributed by atoms with Gasteiger partial charge in [-0.1, -0.05) is 35.0 Å². The molecule has 0 saturated carbocycles. The Labute approximate surface area is 137 Å². The van der Waals surface area contributed by atoms with Crippen molar-refractivity contribution >= 4 is 15.9 Å². The van der Waals surface area contributed by atoms with Crippen LogP contribution in [0.2, 0.25) is 0 Å². The molecule has 2 N–H and O–H groups in total. The first-order chi connectivity index (χ1) is 10.1. The number of nitrogens with two attached hydrogens (primary N) is 1. The highest BCUT2D eigenvalue weighted by Gasteiger charge is 2.27. The van der Waals surface area contributed by atoms with Gasteiger partial charge in [-0.2, -0.15) is 0 Å². The van der Waals surface area contributed by atoms with Crippen molar-refractivity contribution < 1.29 is 0 Å². The Balaban J connectivity index is 2.10. The fourth-order valence-corrected chi connectivity index (χ4v) is 4.07. The first-order valence-electron chi connectivity index (χ1n) is 7.97. The normalized spacial score (nSPS) is 19.1. The summed E-state index contributed by atoms with van der Waals surface area (Å²) >= 11 is 3.71. The van der Waals surface area contributed by atoms with Crippen LogP contribution in [0.3, 0.4) is 0 Å². The minimum absolute atomic E-state index is 0.290. The molecular formula is C17H28BrN3. The Hall–Kier alpha value is -0.420. The lowest BCUT2D eigenvalue weighted by molar-refractivity contribution is 0.101. The molecule has 118 valence electrons. The predicted molar refractivity (Wildman–Crippen MR) is 93.6 cm³/mol. The summed E-state index contributed by atoms with van der Waals surface area (Å²) in [4.78, 5) is 5.02. The molecule has 1 heterocycles. The topological polar surface area (TPSA) is 32.5 Å². The monoisotopic (exact) mass is 353 g/mol. The van der Waals surface area contributed by atoms with E-state index in [2.05, 4.69) is 64.8 Å². The maximum absolute atomic E-state index is 6.10. The number of benzene rings is 1. The van der Waals surface area contributed by atoms with E-state index in [0.717, 1.165) is 0 Å². The van der Waals surface area contributed by atoms with Crippen molar-refractivity contribution in [1.82, 2.24) is 9.80 Å². The number of halogens is 1. The SMILES string of the molecule is CCN1CCC(N(C)C(CN)c2ccc(C)cc2Br)CC1. The van der Waals surface area contributed by atoms with Crippen LogP contribution < -0.4 is 5.73 Å². The molecule has 0 aromatic heterocycles. The van der Waals surface area contributed by atoms with Crippen molar-refractivity contribution in [3.8, 4) is 0 Å². The minimum atomic E-state index is 0.290. The fraction of sp³-hybridized carbons (Fsp3) is 0.647. The molecule has 1 saturated heterocycles. The molecule has 1 fully saturated rings. The molecule has 0 amide bonds. The third kappa shape index (κ3) is 4.07. The van der Waals surface area contributed by atoms with Crippen LogP contribution in [0.4, 0.5) is 0 Å². The first kappa shape index (κ1) is 16.9. The largest absolute Gasteiger partial charge is 0.329 e. The number of hydrogen-bond donors (Lipinski definition) is 1. The van der Waals surface area contributed by atoms with Gasteiger partial charge in [-0.15, -0.1) is 0 Å². The summed E-state index contributed by atoms with van der Waals surface area (Å²) in [6, 6.07) is 7.50. The Bertz CT molecular complexity index is 455. The highest BCUT2D eigenvalue weighted by Crippen LogP contribution is 2.30. The van der Waals surface area contributed by atoms with Crippen molar-refractivity contribution in [2.45, 2.75) is 38.8 Å². The third-order valence-electron chi connectivity index (χ3n) is 4.81. The molecule has 1 aliphatic heterocycles. The van der Waals surface area contributed by atoms with Crippen LogP contribution in [-0.2, 0) is 0 Å². The van der Waals surface area contributed by atoms with Gasteiger partial charge in [-0.05, 0) is 63.6 Å². The second-order valence-electron chi connectivity index (χ2n) is 6.11. The molecule has 1 aliphatic rings. The van der Waals surface area contributed by atoms with Gasteiger partial charge in [0.2, 0.25) is 0 Å². The molecule has 21 heavy (non-hydrogen) atoms. The van der Waals surface area contributed by atoms with E-state index < -0.39 is 0 Å². The van der Waals surface area contributed by atoms with Crippen molar-refractivity contribution in [2.24, 2.45) is 5.73 Å². The van der Waals surface area contributed by atoms with E-state index in [1.54, 1.807) is 0 Å². The molecule has 2 rings (SSSR count). The molecule has 3 nitrogen and oxygen atoms in total. The van der Waals surface area contributed by atoms with E-state index in [1.807, 2.05) is 0 Å². The van der Waals surface area contributed by atoms with Crippen molar-refractivity contribution in [3.05, 3.63) is 33.8 Å². The second-order valence-corrected chi connectivity index (χ2v) is 6.96. The average molecular weight is 354 g/mol. The Morgan fingerprint density at radius 1 is 1.38 bits per heavy atom. The maximum atomic E-state index is 6.10. The van der Waals surface area contributed by atoms with Crippen LogP contribution in [0.1, 0.15) is 36.9 Å². The number of piperidine rings is 1. The van der Waals surface area contributed by atoms with Gasteiger partial charge in [-0.25, -0.2) is 0 Å². The smallest absolute Gasteiger partial charge is 0.0481 e. The van der Waals surface area contributed by atoms with Gasteiger partial charge in [0, 0.05) is 23.1 Å². The minimum Gasteiger partial charge on any atom is -0.329 e. The third-order valence-corrected chi connectivity index (χ3v) is 5.50. The van der Waals surface area contributed by atoms with Crippen molar-refractivity contribution in [1.29, 1.82) is 0 Å². The molecule has 1 atom stereocenters. The van der Waals surface area contributed by atoms with E-state index in [4.69, 9.17) is 5.73 Å². The number of likely N-dealkylation sites (tertiary alicyclic amines) is 1. The van der Waals surface area contributed by atoms with Crippen molar-refractivity contribution in [3.63, 3.8) is 0 Å². The van der Waals surface area contributed by atoms with Crippen molar-refractivity contribution in [2.75, 3.05) is 33.2 Å². The summed E-state index contributed by atoms with van der Waals surface area (Å²) < 4.78 is 1.18. The quantitative estimate of drug-likeness (QED) is 0.882. The Morgan fingerprint density at radius 3 is 2.57 bits per heavy atom.